The highest BCUT2D eigenvalue weighted by molar-refractivity contribution is 7.92. The molecule has 7 heteroatoms. The second-order valence-electron chi connectivity index (χ2n) is 7.69. The summed E-state index contributed by atoms with van der Waals surface area (Å²) in [5, 5.41) is 8.17. The van der Waals surface area contributed by atoms with Crippen LogP contribution in [-0.2, 0) is 9.84 Å². The number of hydrogen-bond donors (Lipinski definition) is 1. The molecule has 4 rings (SSSR count). The molecule has 2 aliphatic carbocycles. The smallest absolute Gasteiger partial charge is 0.200 e. The number of aromatic nitrogens is 2. The summed E-state index contributed by atoms with van der Waals surface area (Å²) in [6, 6.07) is 3.81. The molecule has 0 bridgehead atoms. The lowest BCUT2D eigenvalue weighted by Crippen LogP contribution is -2.27. The average molecular weight is 350 g/mol. The van der Waals surface area contributed by atoms with Crippen molar-refractivity contribution in [3.05, 3.63) is 12.1 Å². The van der Waals surface area contributed by atoms with Crippen LogP contribution in [-0.4, -0.2) is 43.0 Å². The van der Waals surface area contributed by atoms with Crippen molar-refractivity contribution in [2.75, 3.05) is 18.0 Å². The highest BCUT2D eigenvalue weighted by atomic mass is 32.2. The van der Waals surface area contributed by atoms with Crippen LogP contribution in [0.2, 0.25) is 0 Å². The first kappa shape index (κ1) is 16.3. The van der Waals surface area contributed by atoms with Crippen LogP contribution >= 0.6 is 0 Å². The lowest BCUT2D eigenvalue weighted by atomic mass is 10.0. The van der Waals surface area contributed by atoms with Gasteiger partial charge >= 0.3 is 0 Å². The minimum absolute atomic E-state index is 0.138. The molecule has 0 amide bonds. The Hall–Kier alpha value is -1.21. The molecule has 2 saturated carbocycles. The third-order valence-electron chi connectivity index (χ3n) is 6.02. The van der Waals surface area contributed by atoms with Crippen molar-refractivity contribution < 1.29 is 8.42 Å². The Morgan fingerprint density at radius 1 is 1.00 bits per heavy atom. The third kappa shape index (κ3) is 2.92. The number of rotatable bonds is 3. The second-order valence-corrected chi connectivity index (χ2v) is 9.87. The van der Waals surface area contributed by atoms with Gasteiger partial charge in [-0.1, -0.05) is 19.3 Å². The molecular formula is C17H26N4O2S. The molecule has 0 aromatic carbocycles. The van der Waals surface area contributed by atoms with Crippen LogP contribution in [0.15, 0.2) is 17.2 Å². The van der Waals surface area contributed by atoms with Crippen LogP contribution in [0.5, 0.6) is 0 Å². The van der Waals surface area contributed by atoms with Gasteiger partial charge in [-0.25, -0.2) is 8.42 Å². The van der Waals surface area contributed by atoms with Gasteiger partial charge in [-0.2, -0.15) is 0 Å². The zero-order valence-electron chi connectivity index (χ0n) is 14.0. The monoisotopic (exact) mass is 350 g/mol. The normalized spacial score (nSPS) is 29.1. The maximum atomic E-state index is 12.7. The summed E-state index contributed by atoms with van der Waals surface area (Å²) in [5.74, 6) is 2.08. The summed E-state index contributed by atoms with van der Waals surface area (Å²) >= 11 is 0. The van der Waals surface area contributed by atoms with E-state index in [-0.39, 0.29) is 10.3 Å². The Balaban J connectivity index is 1.47. The van der Waals surface area contributed by atoms with Crippen molar-refractivity contribution in [2.45, 2.75) is 61.3 Å². The number of nitrogens with zero attached hydrogens (tertiary/aromatic N) is 3. The van der Waals surface area contributed by atoms with Gasteiger partial charge in [-0.05, 0) is 49.7 Å². The molecular weight excluding hydrogens is 324 g/mol. The molecule has 1 saturated heterocycles. The molecule has 1 aromatic rings. The van der Waals surface area contributed by atoms with E-state index in [4.69, 9.17) is 5.73 Å². The number of anilines is 1. The van der Waals surface area contributed by atoms with E-state index in [9.17, 15) is 8.42 Å². The van der Waals surface area contributed by atoms with Gasteiger partial charge in [0.05, 0.1) is 5.25 Å². The van der Waals surface area contributed by atoms with Crippen LogP contribution < -0.4 is 10.6 Å². The first-order chi connectivity index (χ1) is 11.5. The molecule has 6 nitrogen and oxygen atoms in total. The van der Waals surface area contributed by atoms with E-state index in [1.54, 1.807) is 6.07 Å². The van der Waals surface area contributed by atoms with E-state index in [2.05, 4.69) is 15.1 Å². The van der Waals surface area contributed by atoms with Gasteiger partial charge in [0, 0.05) is 19.1 Å². The number of hydrogen-bond acceptors (Lipinski definition) is 6. The molecule has 0 unspecified atom stereocenters. The van der Waals surface area contributed by atoms with Crippen molar-refractivity contribution in [1.82, 2.24) is 10.2 Å². The highest BCUT2D eigenvalue weighted by Crippen LogP contribution is 2.38. The van der Waals surface area contributed by atoms with Gasteiger partial charge in [0.2, 0.25) is 0 Å². The maximum Gasteiger partial charge on any atom is 0.200 e. The Bertz CT molecular complexity index is 671. The maximum absolute atomic E-state index is 12.7. The van der Waals surface area contributed by atoms with Gasteiger partial charge in [-0.15, -0.1) is 10.2 Å². The zero-order valence-corrected chi connectivity index (χ0v) is 14.8. The Labute approximate surface area is 143 Å². The molecule has 2 N–H and O–H groups in total. The van der Waals surface area contributed by atoms with Gasteiger partial charge in [0.15, 0.2) is 20.7 Å². The lowest BCUT2D eigenvalue weighted by Gasteiger charge is -2.22. The van der Waals surface area contributed by atoms with E-state index in [0.29, 0.717) is 17.9 Å². The first-order valence-electron chi connectivity index (χ1n) is 9.12. The summed E-state index contributed by atoms with van der Waals surface area (Å²) in [7, 11) is -3.33. The topological polar surface area (TPSA) is 89.2 Å². The van der Waals surface area contributed by atoms with Crippen LogP contribution in [0.3, 0.4) is 0 Å². The zero-order chi connectivity index (χ0) is 16.7. The van der Waals surface area contributed by atoms with Gasteiger partial charge in [0.25, 0.3) is 0 Å². The van der Waals surface area contributed by atoms with E-state index in [1.165, 1.54) is 0 Å². The number of sulfone groups is 1. The Morgan fingerprint density at radius 3 is 2.25 bits per heavy atom. The largest absolute Gasteiger partial charge is 0.355 e. The predicted molar refractivity (Wildman–Crippen MR) is 92.5 cm³/mol. The predicted octanol–water partition coefficient (Wildman–Crippen LogP) is 1.76. The number of fused-ring (bicyclic) bond motifs is 1. The van der Waals surface area contributed by atoms with Crippen molar-refractivity contribution in [3.8, 4) is 0 Å². The summed E-state index contributed by atoms with van der Waals surface area (Å²) in [5.41, 5.74) is 6.03. The van der Waals surface area contributed by atoms with Gasteiger partial charge in [-0.3, -0.25) is 0 Å². The summed E-state index contributed by atoms with van der Waals surface area (Å²) in [6.45, 7) is 1.92. The summed E-state index contributed by atoms with van der Waals surface area (Å²) < 4.78 is 25.4. The van der Waals surface area contributed by atoms with Gasteiger partial charge < -0.3 is 10.6 Å². The van der Waals surface area contributed by atoms with Crippen molar-refractivity contribution >= 4 is 15.7 Å². The lowest BCUT2D eigenvalue weighted by molar-refractivity contribution is 0.481. The fourth-order valence-electron chi connectivity index (χ4n) is 4.71. The molecule has 24 heavy (non-hydrogen) atoms. The van der Waals surface area contributed by atoms with Crippen LogP contribution in [0.4, 0.5) is 5.82 Å². The molecule has 132 valence electrons. The molecule has 3 fully saturated rings. The molecule has 1 aliphatic heterocycles. The fourth-order valence-corrected chi connectivity index (χ4v) is 6.42. The average Bonchev–Trinajstić information content (AvgIpc) is 3.13. The standard InChI is InChI=1S/C17H26N4O2S/c18-14-8-12-10-21(11-13(12)9-14)16-6-7-17(20-19-16)24(22,23)15-4-2-1-3-5-15/h6-7,12-15H,1-5,8-11,18H2/t12-,13-/m1/s1. The van der Waals surface area contributed by atoms with Crippen molar-refractivity contribution in [3.63, 3.8) is 0 Å². The summed E-state index contributed by atoms with van der Waals surface area (Å²) in [4.78, 5) is 2.23. The molecule has 2 heterocycles. The Morgan fingerprint density at radius 2 is 1.67 bits per heavy atom. The third-order valence-corrected chi connectivity index (χ3v) is 8.17. The van der Waals surface area contributed by atoms with Gasteiger partial charge in [0.1, 0.15) is 0 Å². The van der Waals surface area contributed by atoms with Crippen LogP contribution in [0.25, 0.3) is 0 Å². The number of nitrogens with two attached hydrogens (primary N) is 1. The molecule has 0 radical (unpaired) electrons. The van der Waals surface area contributed by atoms with E-state index < -0.39 is 9.84 Å². The highest BCUT2D eigenvalue weighted by Gasteiger charge is 2.40. The van der Waals surface area contributed by atoms with E-state index in [1.807, 2.05) is 6.07 Å². The van der Waals surface area contributed by atoms with E-state index in [0.717, 1.165) is 63.9 Å². The van der Waals surface area contributed by atoms with Crippen LogP contribution in [0.1, 0.15) is 44.9 Å². The Kier molecular flexibility index (Phi) is 4.24. The quantitative estimate of drug-likeness (QED) is 0.893. The fraction of sp³-hybridized carbons (Fsp3) is 0.765. The van der Waals surface area contributed by atoms with E-state index >= 15 is 0 Å². The van der Waals surface area contributed by atoms with Crippen LogP contribution in [0, 0.1) is 11.8 Å². The van der Waals surface area contributed by atoms with Crippen molar-refractivity contribution in [1.29, 1.82) is 0 Å². The molecule has 3 aliphatic rings. The molecule has 2 atom stereocenters. The molecule has 1 aromatic heterocycles. The minimum Gasteiger partial charge on any atom is -0.355 e. The minimum atomic E-state index is -3.33. The van der Waals surface area contributed by atoms with Crippen molar-refractivity contribution in [2.24, 2.45) is 17.6 Å². The summed E-state index contributed by atoms with van der Waals surface area (Å²) in [6.07, 6.45) is 6.80. The second kappa shape index (κ2) is 6.26. The first-order valence-corrected chi connectivity index (χ1v) is 10.7. The SMILES string of the molecule is NC1C[C@@H]2CN(c3ccc(S(=O)(=O)C4CCCCC4)nn3)C[C@H]2C1. The molecule has 0 spiro atoms.